The van der Waals surface area contributed by atoms with E-state index in [4.69, 9.17) is 4.74 Å². The molecule has 5 heteroatoms. The Morgan fingerprint density at radius 2 is 2.05 bits per heavy atom. The van der Waals surface area contributed by atoms with E-state index in [-0.39, 0.29) is 0 Å². The summed E-state index contributed by atoms with van der Waals surface area (Å²) in [6.45, 7) is 3.28. The van der Waals surface area contributed by atoms with Crippen molar-refractivity contribution >= 4 is 15.9 Å². The van der Waals surface area contributed by atoms with Gasteiger partial charge in [-0.05, 0) is 43.5 Å². The Morgan fingerprint density at radius 3 is 2.76 bits per heavy atom. The fourth-order valence-electron chi connectivity index (χ4n) is 2.22. The topological polar surface area (TPSA) is 47.0 Å². The second-order valence-corrected chi connectivity index (χ2v) is 6.24. The normalized spacial score (nSPS) is 14.2. The van der Waals surface area contributed by atoms with Crippen LogP contribution >= 0.6 is 15.9 Å². The van der Waals surface area contributed by atoms with Crippen molar-refractivity contribution in [3.63, 3.8) is 0 Å². The molecule has 0 spiro atoms. The van der Waals surface area contributed by atoms with Gasteiger partial charge in [-0.3, -0.25) is 0 Å². The highest BCUT2D eigenvalue weighted by atomic mass is 79.9. The van der Waals surface area contributed by atoms with Gasteiger partial charge in [0, 0.05) is 35.0 Å². The number of halogens is 1. The average molecular weight is 348 g/mol. The zero-order valence-corrected chi connectivity index (χ0v) is 13.6. The van der Waals surface area contributed by atoms with Gasteiger partial charge in [0.1, 0.15) is 12.4 Å². The van der Waals surface area contributed by atoms with E-state index in [2.05, 4.69) is 50.3 Å². The molecule has 1 aliphatic rings. The van der Waals surface area contributed by atoms with Gasteiger partial charge in [0.2, 0.25) is 0 Å². The lowest BCUT2D eigenvalue weighted by molar-refractivity contribution is 0.290. The summed E-state index contributed by atoms with van der Waals surface area (Å²) in [4.78, 5) is 8.39. The Kier molecular flexibility index (Phi) is 4.51. The zero-order valence-electron chi connectivity index (χ0n) is 12.0. The Labute approximate surface area is 133 Å². The van der Waals surface area contributed by atoms with Gasteiger partial charge < -0.3 is 10.1 Å². The Bertz CT molecular complexity index is 614. The molecule has 0 atom stereocenters. The lowest BCUT2D eigenvalue weighted by Crippen LogP contribution is -2.16. The summed E-state index contributed by atoms with van der Waals surface area (Å²) in [5.41, 5.74) is 2.29. The highest BCUT2D eigenvalue weighted by Gasteiger charge is 2.21. The molecule has 0 saturated heterocycles. The summed E-state index contributed by atoms with van der Waals surface area (Å²) in [6, 6.07) is 6.67. The fourth-order valence-corrected chi connectivity index (χ4v) is 2.84. The molecule has 0 bridgehead atoms. The third-order valence-corrected chi connectivity index (χ3v) is 3.90. The van der Waals surface area contributed by atoms with E-state index < -0.39 is 0 Å². The van der Waals surface area contributed by atoms with Crippen LogP contribution in [0.3, 0.4) is 0 Å². The van der Waals surface area contributed by atoms with E-state index in [0.717, 1.165) is 22.3 Å². The van der Waals surface area contributed by atoms with Crippen molar-refractivity contribution < 1.29 is 4.74 Å². The smallest absolute Gasteiger partial charge is 0.166 e. The predicted molar refractivity (Wildman–Crippen MR) is 85.1 cm³/mol. The number of aryl methyl sites for hydroxylation is 1. The minimum absolute atomic E-state index is 0.389. The molecule has 1 aromatic heterocycles. The SMILES string of the molecule is Cc1cc(Br)cc(CNC2CC2)c1OCc1ncccn1. The first-order valence-electron chi connectivity index (χ1n) is 7.13. The third kappa shape index (κ3) is 4.02. The number of rotatable bonds is 6. The van der Waals surface area contributed by atoms with Crippen LogP contribution in [0, 0.1) is 6.92 Å². The van der Waals surface area contributed by atoms with Gasteiger partial charge in [0.15, 0.2) is 5.82 Å². The Morgan fingerprint density at radius 1 is 1.29 bits per heavy atom. The molecule has 3 rings (SSSR count). The van der Waals surface area contributed by atoms with Crippen LogP contribution in [-0.4, -0.2) is 16.0 Å². The van der Waals surface area contributed by atoms with Crippen LogP contribution in [0.1, 0.15) is 29.8 Å². The molecule has 1 saturated carbocycles. The van der Waals surface area contributed by atoms with E-state index in [1.54, 1.807) is 18.5 Å². The first-order valence-corrected chi connectivity index (χ1v) is 7.93. The van der Waals surface area contributed by atoms with Gasteiger partial charge in [-0.2, -0.15) is 0 Å². The van der Waals surface area contributed by atoms with Gasteiger partial charge in [0.05, 0.1) is 0 Å². The number of nitrogens with zero attached hydrogens (tertiary/aromatic N) is 2. The van der Waals surface area contributed by atoms with Crippen molar-refractivity contribution in [3.8, 4) is 5.75 Å². The average Bonchev–Trinajstić information content (AvgIpc) is 3.29. The summed E-state index contributed by atoms with van der Waals surface area (Å²) < 4.78 is 7.06. The number of ether oxygens (including phenoxy) is 1. The molecule has 0 amide bonds. The Balaban J connectivity index is 1.74. The monoisotopic (exact) mass is 347 g/mol. The van der Waals surface area contributed by atoms with Gasteiger partial charge in [-0.25, -0.2) is 9.97 Å². The molecule has 0 radical (unpaired) electrons. The lowest BCUT2D eigenvalue weighted by atomic mass is 10.1. The van der Waals surface area contributed by atoms with Crippen molar-refractivity contribution in [2.75, 3.05) is 0 Å². The Hall–Kier alpha value is -1.46. The number of hydrogen-bond donors (Lipinski definition) is 1. The third-order valence-electron chi connectivity index (χ3n) is 3.44. The van der Waals surface area contributed by atoms with Gasteiger partial charge >= 0.3 is 0 Å². The quantitative estimate of drug-likeness (QED) is 0.870. The van der Waals surface area contributed by atoms with E-state index in [0.29, 0.717) is 18.5 Å². The summed E-state index contributed by atoms with van der Waals surface area (Å²) in [5, 5.41) is 3.53. The molecule has 110 valence electrons. The van der Waals surface area contributed by atoms with Crippen molar-refractivity contribution in [1.82, 2.24) is 15.3 Å². The lowest BCUT2D eigenvalue weighted by Gasteiger charge is -2.15. The highest BCUT2D eigenvalue weighted by molar-refractivity contribution is 9.10. The van der Waals surface area contributed by atoms with E-state index >= 15 is 0 Å². The molecular formula is C16H18BrN3O. The molecule has 1 aliphatic carbocycles. The highest BCUT2D eigenvalue weighted by Crippen LogP contribution is 2.29. The fraction of sp³-hybridized carbons (Fsp3) is 0.375. The van der Waals surface area contributed by atoms with Crippen LogP contribution in [0.5, 0.6) is 5.75 Å². The molecular weight excluding hydrogens is 330 g/mol. The molecule has 0 aliphatic heterocycles. The number of hydrogen-bond acceptors (Lipinski definition) is 4. The molecule has 1 aromatic carbocycles. The molecule has 0 unspecified atom stereocenters. The van der Waals surface area contributed by atoms with Gasteiger partial charge in [-0.1, -0.05) is 15.9 Å². The maximum absolute atomic E-state index is 5.98. The van der Waals surface area contributed by atoms with Crippen molar-refractivity contribution in [3.05, 3.63) is 52.0 Å². The minimum atomic E-state index is 0.389. The maximum atomic E-state index is 5.98. The minimum Gasteiger partial charge on any atom is -0.485 e. The van der Waals surface area contributed by atoms with Crippen LogP contribution in [0.25, 0.3) is 0 Å². The van der Waals surface area contributed by atoms with Gasteiger partial charge in [0.25, 0.3) is 0 Å². The number of nitrogens with one attached hydrogen (secondary N) is 1. The van der Waals surface area contributed by atoms with Crippen LogP contribution in [0.15, 0.2) is 35.1 Å². The molecule has 1 heterocycles. The standard InChI is InChI=1S/C16H18BrN3O/c1-11-7-13(17)8-12(9-20-14-3-4-14)16(11)21-10-15-18-5-2-6-19-15/h2,5-8,14,20H,3-4,9-10H2,1H3. The van der Waals surface area contributed by atoms with Crippen molar-refractivity contribution in [2.24, 2.45) is 0 Å². The summed E-state index contributed by atoms with van der Waals surface area (Å²) in [5.74, 6) is 1.62. The van der Waals surface area contributed by atoms with Crippen LogP contribution in [-0.2, 0) is 13.2 Å². The van der Waals surface area contributed by atoms with E-state index in [9.17, 15) is 0 Å². The first-order chi connectivity index (χ1) is 10.2. The summed E-state index contributed by atoms with van der Waals surface area (Å²) in [6.07, 6.45) is 6.02. The molecule has 1 fully saturated rings. The molecule has 21 heavy (non-hydrogen) atoms. The molecule has 4 nitrogen and oxygen atoms in total. The second kappa shape index (κ2) is 6.54. The summed E-state index contributed by atoms with van der Waals surface area (Å²) in [7, 11) is 0. The summed E-state index contributed by atoms with van der Waals surface area (Å²) >= 11 is 3.56. The maximum Gasteiger partial charge on any atom is 0.166 e. The second-order valence-electron chi connectivity index (χ2n) is 5.32. The van der Waals surface area contributed by atoms with Crippen molar-refractivity contribution in [1.29, 1.82) is 0 Å². The van der Waals surface area contributed by atoms with Gasteiger partial charge in [-0.15, -0.1) is 0 Å². The first kappa shape index (κ1) is 14.5. The predicted octanol–water partition coefficient (Wildman–Crippen LogP) is 3.38. The largest absolute Gasteiger partial charge is 0.485 e. The zero-order chi connectivity index (χ0) is 14.7. The van der Waals surface area contributed by atoms with E-state index in [1.807, 2.05) is 0 Å². The molecule has 2 aromatic rings. The van der Waals surface area contributed by atoms with Crippen LogP contribution < -0.4 is 10.1 Å². The van der Waals surface area contributed by atoms with Crippen molar-refractivity contribution in [2.45, 2.75) is 39.0 Å². The van der Waals surface area contributed by atoms with Crippen LogP contribution in [0.2, 0.25) is 0 Å². The van der Waals surface area contributed by atoms with E-state index in [1.165, 1.54) is 18.4 Å². The number of benzene rings is 1. The molecule has 1 N–H and O–H groups in total. The number of aromatic nitrogens is 2. The van der Waals surface area contributed by atoms with Crippen LogP contribution in [0.4, 0.5) is 0 Å².